The summed E-state index contributed by atoms with van der Waals surface area (Å²) in [6, 6.07) is 30.9. The Labute approximate surface area is 624 Å². The molecule has 1 aliphatic heterocycles. The van der Waals surface area contributed by atoms with Crippen LogP contribution >= 0.6 is 11.8 Å². The molecule has 104 heavy (non-hydrogen) atoms. The van der Waals surface area contributed by atoms with Gasteiger partial charge in [-0.15, -0.1) is 11.8 Å². The molecule has 1 heterocycles. The number of nitrogens with zero attached hydrogens (tertiary/aromatic N) is 3. The number of carbonyl (C=O) groups is 10. The van der Waals surface area contributed by atoms with Crippen LogP contribution in [0.3, 0.4) is 0 Å². The number of rotatable bonds is 46. The zero-order chi connectivity index (χ0) is 76.2. The number of hydrogen-bond acceptors (Lipinski definition) is 15. The van der Waals surface area contributed by atoms with Crippen molar-refractivity contribution in [3.8, 4) is 0 Å². The van der Waals surface area contributed by atoms with Crippen molar-refractivity contribution in [3.05, 3.63) is 137 Å². The predicted molar refractivity (Wildman–Crippen MR) is 412 cm³/mol. The molecule has 2 aliphatic rings. The molecule has 0 aromatic heterocycles. The normalized spacial score (nSPS) is 18.3. The fourth-order valence-corrected chi connectivity index (χ4v) is 16.4. The third-order valence-corrected chi connectivity index (χ3v) is 22.8. The molecule has 1 aliphatic carbocycles. The smallest absolute Gasteiger partial charge is 0.227 e. The highest BCUT2D eigenvalue weighted by molar-refractivity contribution is 7.99. The van der Waals surface area contributed by atoms with Crippen molar-refractivity contribution in [1.29, 1.82) is 0 Å². The predicted octanol–water partition coefficient (Wildman–Crippen LogP) is 11.6. The fourth-order valence-electron chi connectivity index (χ4n) is 15.2. The number of carbonyl (C=O) groups excluding carboxylic acids is 10. The van der Waals surface area contributed by atoms with Gasteiger partial charge in [0, 0.05) is 83.2 Å². The number of likely N-dealkylation sites (tertiary alicyclic amines) is 1. The number of methoxy groups -OCH3 is 2. The van der Waals surface area contributed by atoms with E-state index in [2.05, 4.69) is 47.1 Å². The number of nitrogens with two attached hydrogens (primary N) is 1. The van der Waals surface area contributed by atoms with E-state index in [1.165, 1.54) is 24.4 Å². The molecule has 13 atom stereocenters. The molecule has 5 N–H and O–H groups in total. The SMILES string of the molecule is CCc1ccc(CSC2CC(=O)C(CCCCCC(=O)N[C@@H](Cc3ccccc3)C(=O)C[C@@H](CCCCN)C(=O)Nc3ccc(CC(=O)[C@H](Cc4ccccc4)NC(=O)[C@H](C)[C@@H](OC)[C@@H]4CCCN4C(=O)C[C@@H](OC)[C@H]([C@@H](C)CC)N(C)C(=O)[C@@H](CC(=O)[C@H](C(C)C)N(C)C)C(C)C)cc3)C2=O)cc1. The van der Waals surface area contributed by atoms with Crippen molar-refractivity contribution in [2.75, 3.05) is 53.8 Å². The first kappa shape index (κ1) is 85.7. The molecular weight excluding hydrogens is 1330 g/mol. The van der Waals surface area contributed by atoms with Gasteiger partial charge in [0.05, 0.1) is 65.9 Å². The maximum absolute atomic E-state index is 14.7. The summed E-state index contributed by atoms with van der Waals surface area (Å²) >= 11 is 1.53. The van der Waals surface area contributed by atoms with E-state index in [0.717, 1.165) is 23.1 Å². The van der Waals surface area contributed by atoms with Gasteiger partial charge in [-0.25, -0.2) is 0 Å². The van der Waals surface area contributed by atoms with Crippen LogP contribution in [-0.4, -0.2) is 169 Å². The molecule has 0 bridgehead atoms. The van der Waals surface area contributed by atoms with Crippen LogP contribution < -0.4 is 21.7 Å². The molecular formula is C84H121N7O12S. The van der Waals surface area contributed by atoms with Crippen LogP contribution in [0.1, 0.15) is 180 Å². The Bertz CT molecular complexity index is 3400. The third-order valence-electron chi connectivity index (χ3n) is 21.5. The summed E-state index contributed by atoms with van der Waals surface area (Å²) < 4.78 is 12.3. The van der Waals surface area contributed by atoms with Gasteiger partial charge in [-0.3, -0.25) is 52.8 Å². The summed E-state index contributed by atoms with van der Waals surface area (Å²) in [5, 5.41) is 8.72. The lowest BCUT2D eigenvalue weighted by Crippen LogP contribution is -2.55. The number of aryl methyl sites for hydroxylation is 1. The van der Waals surface area contributed by atoms with Gasteiger partial charge in [-0.05, 0) is 136 Å². The number of ether oxygens (including phenoxy) is 2. The monoisotopic (exact) mass is 1450 g/mol. The molecule has 20 heteroatoms. The molecule has 0 radical (unpaired) electrons. The summed E-state index contributed by atoms with van der Waals surface area (Å²) in [7, 11) is 8.60. The second kappa shape index (κ2) is 43.4. The first-order chi connectivity index (χ1) is 49.7. The van der Waals surface area contributed by atoms with Gasteiger partial charge in [-0.1, -0.05) is 178 Å². The Morgan fingerprint density at radius 1 is 0.654 bits per heavy atom. The van der Waals surface area contributed by atoms with E-state index in [0.29, 0.717) is 94.3 Å². The zero-order valence-corrected chi connectivity index (χ0v) is 65.2. The van der Waals surface area contributed by atoms with E-state index in [1.807, 2.05) is 121 Å². The van der Waals surface area contributed by atoms with E-state index >= 15 is 0 Å². The number of amides is 5. The van der Waals surface area contributed by atoms with E-state index in [4.69, 9.17) is 15.2 Å². The number of ketones is 5. The molecule has 1 saturated heterocycles. The molecule has 19 nitrogen and oxygen atoms in total. The minimum absolute atomic E-state index is 0.00333. The first-order valence-electron chi connectivity index (χ1n) is 38.1. The highest BCUT2D eigenvalue weighted by Crippen LogP contribution is 2.35. The summed E-state index contributed by atoms with van der Waals surface area (Å²) in [4.78, 5) is 146. The number of thioether (sulfide) groups is 1. The molecule has 0 spiro atoms. The van der Waals surface area contributed by atoms with Gasteiger partial charge in [-0.2, -0.15) is 0 Å². The summed E-state index contributed by atoms with van der Waals surface area (Å²) in [5.41, 5.74) is 11.0. The second-order valence-electron chi connectivity index (χ2n) is 30.0. The molecule has 5 amide bonds. The van der Waals surface area contributed by atoms with Gasteiger partial charge >= 0.3 is 0 Å². The van der Waals surface area contributed by atoms with Crippen LogP contribution in [0.5, 0.6) is 0 Å². The van der Waals surface area contributed by atoms with Gasteiger partial charge in [0.2, 0.25) is 29.5 Å². The van der Waals surface area contributed by atoms with E-state index in [9.17, 15) is 47.9 Å². The number of unbranched alkanes of at least 4 members (excludes halogenated alkanes) is 3. The average Bonchev–Trinajstić information content (AvgIpc) is 1.43. The average molecular weight is 1450 g/mol. The lowest BCUT2D eigenvalue weighted by atomic mass is 9.83. The molecule has 2 fully saturated rings. The van der Waals surface area contributed by atoms with Gasteiger partial charge in [0.1, 0.15) is 5.78 Å². The molecule has 2 unspecified atom stereocenters. The van der Waals surface area contributed by atoms with E-state index in [1.54, 1.807) is 55.1 Å². The van der Waals surface area contributed by atoms with Gasteiger partial charge < -0.3 is 41.0 Å². The Morgan fingerprint density at radius 3 is 1.84 bits per heavy atom. The van der Waals surface area contributed by atoms with Gasteiger partial charge in [0.15, 0.2) is 23.1 Å². The second-order valence-corrected chi connectivity index (χ2v) is 31.2. The fraction of sp³-hybridized carbons (Fsp3) is 0.595. The molecule has 1 saturated carbocycles. The summed E-state index contributed by atoms with van der Waals surface area (Å²) in [6.07, 6.45) is 5.99. The molecule has 6 rings (SSSR count). The zero-order valence-electron chi connectivity index (χ0n) is 64.3. The maximum Gasteiger partial charge on any atom is 0.227 e. The van der Waals surface area contributed by atoms with Crippen molar-refractivity contribution in [2.24, 2.45) is 47.2 Å². The van der Waals surface area contributed by atoms with Crippen LogP contribution in [0.15, 0.2) is 109 Å². The molecule has 4 aromatic carbocycles. The van der Waals surface area contributed by atoms with Crippen molar-refractivity contribution < 1.29 is 57.4 Å². The largest absolute Gasteiger partial charge is 0.379 e. The van der Waals surface area contributed by atoms with Crippen molar-refractivity contribution >= 4 is 75.9 Å². The first-order valence-corrected chi connectivity index (χ1v) is 39.2. The van der Waals surface area contributed by atoms with Crippen molar-refractivity contribution in [3.63, 3.8) is 0 Å². The number of benzene rings is 4. The Balaban J connectivity index is 1.07. The Hall–Kier alpha value is -7.23. The number of likely N-dealkylation sites (N-methyl/N-ethyl adjacent to an activating group) is 2. The van der Waals surface area contributed by atoms with E-state index in [-0.39, 0.29) is 133 Å². The Morgan fingerprint density at radius 2 is 1.27 bits per heavy atom. The number of hydrogen-bond donors (Lipinski definition) is 4. The van der Waals surface area contributed by atoms with Crippen LogP contribution in [0.4, 0.5) is 5.69 Å². The van der Waals surface area contributed by atoms with E-state index < -0.39 is 66.0 Å². The van der Waals surface area contributed by atoms with Gasteiger partial charge in [0.25, 0.3) is 0 Å². The lowest BCUT2D eigenvalue weighted by Gasteiger charge is -2.41. The minimum atomic E-state index is -0.948. The number of nitrogens with one attached hydrogen (secondary N) is 3. The van der Waals surface area contributed by atoms with Crippen LogP contribution in [0, 0.1) is 41.4 Å². The quantitative estimate of drug-likeness (QED) is 0.0237. The number of Topliss-reactive ketones (excluding diaryl/α,β-unsaturated/α-hetero) is 5. The van der Waals surface area contributed by atoms with Crippen molar-refractivity contribution in [1.82, 2.24) is 25.3 Å². The number of anilines is 1. The maximum atomic E-state index is 14.7. The third kappa shape index (κ3) is 25.5. The van der Waals surface area contributed by atoms with Crippen LogP contribution in [0.25, 0.3) is 0 Å². The highest BCUT2D eigenvalue weighted by Gasteiger charge is 2.45. The Kier molecular flexibility index (Phi) is 35.8. The molecule has 4 aromatic rings. The summed E-state index contributed by atoms with van der Waals surface area (Å²) in [5.74, 6) is -4.20. The summed E-state index contributed by atoms with van der Waals surface area (Å²) in [6.45, 7) is 16.7. The lowest BCUT2D eigenvalue weighted by molar-refractivity contribution is -0.149. The van der Waals surface area contributed by atoms with Crippen molar-refractivity contribution in [2.45, 2.75) is 231 Å². The molecule has 570 valence electrons. The van der Waals surface area contributed by atoms with Crippen LogP contribution in [0.2, 0.25) is 0 Å². The standard InChI is InChI=1S/C84H121N7O12S/c1-14-56(7)79(90(11)84(101)66(54(3)4)50-73(95)78(55(5)6)89(9)10)74(102-12)52-77(97)91-45-27-34-69(91)81(103-13)57(8)82(99)88-68(47-60-30-21-17-22-31-60)71(93)48-61-40-42-64(43-41-61)86-83(100)63(32-25-26-44-85)49-72(94)67(46-59-28-19-16-20-29-59)87-76(96)35-24-18-23-33-65-70(92)51-75(80(65)98)104-53-62-38-36-58(15-2)37-39-62/h16-17,19-22,28-31,36-43,54-57,63,65-69,74-75,78-79,81H,14-15,18,23-27,32-35,44-53,85H2,1-13H3,(H,86,100)(H,87,96)(H,88,99)/t56-,57+,63+,65?,66-,67-,68-,69-,74+,75?,78-,79-,81+/m0/s1. The highest BCUT2D eigenvalue weighted by atomic mass is 32.2. The minimum Gasteiger partial charge on any atom is -0.379 e. The topological polar surface area (TPSA) is 261 Å². The van der Waals surface area contributed by atoms with Crippen LogP contribution in [-0.2, 0) is 88.9 Å².